The number of hydrogen-bond acceptors (Lipinski definition) is 6. The maximum Gasteiger partial charge on any atom is 0.368 e. The highest BCUT2D eigenvalue weighted by Crippen LogP contribution is 2.29. The Balaban J connectivity index is 2.03. The molecule has 0 amide bonds. The molecule has 3 rings (SSSR count). The molecule has 0 saturated heterocycles. The van der Waals surface area contributed by atoms with Crippen LogP contribution in [0, 0.1) is 0 Å². The lowest BCUT2D eigenvalue weighted by Gasteiger charge is -2.08. The van der Waals surface area contributed by atoms with E-state index in [0.717, 1.165) is 10.4 Å². The van der Waals surface area contributed by atoms with Crippen LogP contribution in [0.2, 0.25) is 0 Å². The van der Waals surface area contributed by atoms with Gasteiger partial charge in [0.15, 0.2) is 0 Å². The molecule has 1 aliphatic rings. The van der Waals surface area contributed by atoms with E-state index in [1.807, 2.05) is 23.6 Å². The van der Waals surface area contributed by atoms with E-state index in [-0.39, 0.29) is 0 Å². The third kappa shape index (κ3) is 2.60. The van der Waals surface area contributed by atoms with Crippen molar-refractivity contribution in [3.05, 3.63) is 51.7 Å². The van der Waals surface area contributed by atoms with Crippen LogP contribution >= 0.6 is 11.3 Å². The maximum atomic E-state index is 11.9. The molecule has 0 saturated carbocycles. The lowest BCUT2D eigenvalue weighted by Crippen LogP contribution is -2.05. The summed E-state index contributed by atoms with van der Waals surface area (Å²) in [6, 6.07) is 9.18. The third-order valence-electron chi connectivity index (χ3n) is 3.19. The van der Waals surface area contributed by atoms with Crippen molar-refractivity contribution in [2.75, 3.05) is 14.2 Å². The smallest absolute Gasteiger partial charge is 0.368 e. The molecule has 22 heavy (non-hydrogen) atoms. The molecule has 5 nitrogen and oxygen atoms in total. The predicted molar refractivity (Wildman–Crippen MR) is 84.5 cm³/mol. The highest BCUT2D eigenvalue weighted by molar-refractivity contribution is 7.12. The Kier molecular flexibility index (Phi) is 3.93. The quantitative estimate of drug-likeness (QED) is 0.642. The van der Waals surface area contributed by atoms with E-state index in [1.165, 1.54) is 11.3 Å². The molecule has 1 aromatic carbocycles. The Morgan fingerprint density at radius 2 is 2.09 bits per heavy atom. The fraction of sp³-hybridized carbons (Fsp3) is 0.125. The van der Waals surface area contributed by atoms with Gasteiger partial charge in [0.25, 0.3) is 0 Å². The molecule has 1 aromatic heterocycles. The lowest BCUT2D eigenvalue weighted by atomic mass is 10.0. The van der Waals surface area contributed by atoms with Crippen LogP contribution < -0.4 is 9.47 Å². The summed E-state index contributed by atoms with van der Waals surface area (Å²) in [5.41, 5.74) is 1.70. The molecular formula is C16H13NO4S. The van der Waals surface area contributed by atoms with Crippen molar-refractivity contribution in [3.8, 4) is 11.5 Å². The first-order valence-electron chi connectivity index (χ1n) is 6.50. The second-order valence-corrected chi connectivity index (χ2v) is 5.41. The Morgan fingerprint density at radius 1 is 1.23 bits per heavy atom. The average molecular weight is 315 g/mol. The van der Waals surface area contributed by atoms with Gasteiger partial charge in [-0.15, -0.1) is 11.3 Å². The fourth-order valence-corrected chi connectivity index (χ4v) is 2.81. The van der Waals surface area contributed by atoms with Crippen molar-refractivity contribution < 1.29 is 19.1 Å². The van der Waals surface area contributed by atoms with Crippen LogP contribution in [-0.2, 0) is 9.63 Å². The molecule has 0 unspecified atom stereocenters. The number of methoxy groups -OCH3 is 2. The van der Waals surface area contributed by atoms with Crippen LogP contribution in [0.3, 0.4) is 0 Å². The van der Waals surface area contributed by atoms with E-state index in [0.29, 0.717) is 22.8 Å². The number of oxime groups is 1. The Morgan fingerprint density at radius 3 is 2.77 bits per heavy atom. The molecule has 0 N–H and O–H groups in total. The van der Waals surface area contributed by atoms with Gasteiger partial charge >= 0.3 is 5.97 Å². The molecule has 6 heteroatoms. The largest absolute Gasteiger partial charge is 0.497 e. The Labute approximate surface area is 131 Å². The minimum atomic E-state index is -0.471. The molecule has 0 bridgehead atoms. The van der Waals surface area contributed by atoms with E-state index >= 15 is 0 Å². The molecule has 0 atom stereocenters. The average Bonchev–Trinajstić information content (AvgIpc) is 3.18. The van der Waals surface area contributed by atoms with E-state index in [2.05, 4.69) is 5.16 Å². The van der Waals surface area contributed by atoms with Gasteiger partial charge in [0.2, 0.25) is 0 Å². The van der Waals surface area contributed by atoms with Crippen LogP contribution in [0.4, 0.5) is 0 Å². The van der Waals surface area contributed by atoms with Crippen LogP contribution in [0.5, 0.6) is 11.5 Å². The number of nitrogens with zero attached hydrogens (tertiary/aromatic N) is 1. The zero-order chi connectivity index (χ0) is 15.5. The minimum Gasteiger partial charge on any atom is -0.497 e. The Bertz CT molecular complexity index is 762. The van der Waals surface area contributed by atoms with Crippen molar-refractivity contribution in [2.45, 2.75) is 0 Å². The van der Waals surface area contributed by atoms with Gasteiger partial charge in [-0.25, -0.2) is 4.79 Å². The predicted octanol–water partition coefficient (Wildman–Crippen LogP) is 3.11. The summed E-state index contributed by atoms with van der Waals surface area (Å²) < 4.78 is 10.5. The third-order valence-corrected chi connectivity index (χ3v) is 4.07. The van der Waals surface area contributed by atoms with E-state index in [4.69, 9.17) is 14.3 Å². The molecule has 112 valence electrons. The molecule has 1 aliphatic heterocycles. The topological polar surface area (TPSA) is 57.1 Å². The van der Waals surface area contributed by atoms with Crippen molar-refractivity contribution in [3.63, 3.8) is 0 Å². The molecule has 2 aromatic rings. The summed E-state index contributed by atoms with van der Waals surface area (Å²) in [5, 5.41) is 5.79. The highest BCUT2D eigenvalue weighted by Gasteiger charge is 2.27. The van der Waals surface area contributed by atoms with Crippen LogP contribution in [0.25, 0.3) is 6.08 Å². The maximum absolute atomic E-state index is 11.9. The standard InChI is InChI=1S/C16H13NO4S/c1-19-11-6-5-10(13(9-11)20-2)8-12-15(17-21-16(12)18)14-4-3-7-22-14/h3-9H,1-2H3/b12-8-. The number of ether oxygens (including phenoxy) is 2. The summed E-state index contributed by atoms with van der Waals surface area (Å²) in [6.45, 7) is 0. The number of benzene rings is 1. The summed E-state index contributed by atoms with van der Waals surface area (Å²) in [6.07, 6.45) is 1.71. The van der Waals surface area contributed by atoms with Gasteiger partial charge in [0.1, 0.15) is 17.2 Å². The normalized spacial score (nSPS) is 15.6. The highest BCUT2D eigenvalue weighted by atomic mass is 32.1. The van der Waals surface area contributed by atoms with Gasteiger partial charge in [-0.1, -0.05) is 11.2 Å². The Hall–Kier alpha value is -2.60. The number of rotatable bonds is 4. The van der Waals surface area contributed by atoms with Crippen molar-refractivity contribution in [1.29, 1.82) is 0 Å². The summed E-state index contributed by atoms with van der Waals surface area (Å²) in [5.74, 6) is 0.818. The molecule has 0 aliphatic carbocycles. The number of hydrogen-bond donors (Lipinski definition) is 0. The summed E-state index contributed by atoms with van der Waals surface area (Å²) >= 11 is 1.50. The van der Waals surface area contributed by atoms with Gasteiger partial charge in [0.05, 0.1) is 24.7 Å². The first-order valence-corrected chi connectivity index (χ1v) is 7.38. The summed E-state index contributed by atoms with van der Waals surface area (Å²) in [4.78, 5) is 17.6. The SMILES string of the molecule is COc1ccc(/C=C2\C(=O)ON=C2c2cccs2)c(OC)c1. The lowest BCUT2D eigenvalue weighted by molar-refractivity contribution is -0.136. The van der Waals surface area contributed by atoms with Crippen LogP contribution in [0.15, 0.2) is 46.4 Å². The first kappa shape index (κ1) is 14.3. The molecule has 0 radical (unpaired) electrons. The number of carbonyl (C=O) groups is 1. The van der Waals surface area contributed by atoms with Gasteiger partial charge in [-0.3, -0.25) is 0 Å². The van der Waals surface area contributed by atoms with Gasteiger partial charge in [-0.05, 0) is 29.7 Å². The van der Waals surface area contributed by atoms with Gasteiger partial charge in [0, 0.05) is 11.6 Å². The van der Waals surface area contributed by atoms with E-state index < -0.39 is 5.97 Å². The fourth-order valence-electron chi connectivity index (χ4n) is 2.09. The molecule has 0 spiro atoms. The zero-order valence-corrected chi connectivity index (χ0v) is 12.8. The first-order chi connectivity index (χ1) is 10.7. The summed E-state index contributed by atoms with van der Waals surface area (Å²) in [7, 11) is 3.15. The molecule has 0 fully saturated rings. The van der Waals surface area contributed by atoms with E-state index in [1.54, 1.807) is 32.4 Å². The second kappa shape index (κ2) is 6.03. The zero-order valence-electron chi connectivity index (χ0n) is 12.0. The van der Waals surface area contributed by atoms with Crippen molar-refractivity contribution >= 4 is 29.1 Å². The van der Waals surface area contributed by atoms with Crippen LogP contribution in [0.1, 0.15) is 10.4 Å². The van der Waals surface area contributed by atoms with Crippen molar-refractivity contribution in [2.24, 2.45) is 5.16 Å². The molecular weight excluding hydrogens is 302 g/mol. The van der Waals surface area contributed by atoms with Gasteiger partial charge in [-0.2, -0.15) is 0 Å². The number of thiophene rings is 1. The van der Waals surface area contributed by atoms with Crippen LogP contribution in [-0.4, -0.2) is 25.9 Å². The minimum absolute atomic E-state index is 0.408. The van der Waals surface area contributed by atoms with Crippen molar-refractivity contribution in [1.82, 2.24) is 0 Å². The molecule has 2 heterocycles. The van der Waals surface area contributed by atoms with Gasteiger partial charge < -0.3 is 14.3 Å². The second-order valence-electron chi connectivity index (χ2n) is 4.46. The number of carbonyl (C=O) groups excluding carboxylic acids is 1. The monoisotopic (exact) mass is 315 g/mol. The van der Waals surface area contributed by atoms with E-state index in [9.17, 15) is 4.79 Å².